The largest absolute Gasteiger partial charge is 0.416 e. The maximum atomic E-state index is 13.6. The van der Waals surface area contributed by atoms with Gasteiger partial charge in [-0.2, -0.15) is 13.2 Å². The molecule has 2 fully saturated rings. The molecule has 1 unspecified atom stereocenters. The van der Waals surface area contributed by atoms with Gasteiger partial charge in [-0.25, -0.2) is 4.39 Å². The molecule has 3 rings (SSSR count). The number of carbonyl (C=O) groups is 1. The maximum Gasteiger partial charge on any atom is 0.416 e. The molecule has 1 N–H and O–H groups in total. The lowest BCUT2D eigenvalue weighted by Gasteiger charge is -2.33. The highest BCUT2D eigenvalue weighted by Crippen LogP contribution is 2.31. The third kappa shape index (κ3) is 6.19. The zero-order chi connectivity index (χ0) is 20.1. The van der Waals surface area contributed by atoms with E-state index in [-0.39, 0.29) is 18.4 Å². The highest BCUT2D eigenvalue weighted by atomic mass is 19.4. The number of rotatable bonds is 6. The Bertz CT molecular complexity index is 671. The van der Waals surface area contributed by atoms with Gasteiger partial charge in [0.2, 0.25) is 5.91 Å². The van der Waals surface area contributed by atoms with Crippen molar-refractivity contribution in [3.8, 4) is 0 Å². The van der Waals surface area contributed by atoms with Gasteiger partial charge in [0.15, 0.2) is 0 Å². The molecule has 1 aromatic carbocycles. The van der Waals surface area contributed by atoms with Crippen LogP contribution in [-0.2, 0) is 17.5 Å². The van der Waals surface area contributed by atoms with Crippen molar-refractivity contribution >= 4 is 5.91 Å². The van der Waals surface area contributed by atoms with Crippen molar-refractivity contribution in [1.82, 2.24) is 10.2 Å². The van der Waals surface area contributed by atoms with Crippen molar-refractivity contribution in [1.29, 1.82) is 0 Å². The van der Waals surface area contributed by atoms with E-state index in [2.05, 4.69) is 5.32 Å². The van der Waals surface area contributed by atoms with Crippen LogP contribution < -0.4 is 5.32 Å². The molecule has 1 aliphatic carbocycles. The quantitative estimate of drug-likeness (QED) is 0.699. The molecule has 0 aromatic heterocycles. The van der Waals surface area contributed by atoms with Gasteiger partial charge in [-0.15, -0.1) is 0 Å². The fraction of sp³-hybridized carbons (Fsp3) is 0.667. The Labute approximate surface area is 163 Å². The Hall–Kier alpha value is -1.63. The molecule has 1 saturated heterocycles. The topological polar surface area (TPSA) is 32.3 Å². The molecule has 3 nitrogen and oxygen atoms in total. The van der Waals surface area contributed by atoms with Gasteiger partial charge in [0.1, 0.15) is 5.82 Å². The summed E-state index contributed by atoms with van der Waals surface area (Å²) >= 11 is 0. The van der Waals surface area contributed by atoms with E-state index in [9.17, 15) is 22.4 Å². The smallest absolute Gasteiger partial charge is 0.356 e. The Morgan fingerprint density at radius 1 is 1.07 bits per heavy atom. The molecule has 1 aliphatic heterocycles. The molecule has 1 atom stereocenters. The fourth-order valence-corrected chi connectivity index (χ4v) is 4.43. The van der Waals surface area contributed by atoms with Crippen LogP contribution in [0.1, 0.15) is 56.1 Å². The van der Waals surface area contributed by atoms with E-state index in [0.29, 0.717) is 37.1 Å². The summed E-state index contributed by atoms with van der Waals surface area (Å²) in [5, 5.41) is 3.03. The van der Waals surface area contributed by atoms with Crippen molar-refractivity contribution in [2.45, 2.75) is 57.7 Å². The normalized spacial score (nSPS) is 21.8. The first-order chi connectivity index (χ1) is 13.3. The second kappa shape index (κ2) is 9.25. The van der Waals surface area contributed by atoms with E-state index < -0.39 is 17.6 Å². The monoisotopic (exact) mass is 400 g/mol. The summed E-state index contributed by atoms with van der Waals surface area (Å²) in [7, 11) is 0. The molecule has 1 aromatic rings. The average molecular weight is 400 g/mol. The molecule has 156 valence electrons. The van der Waals surface area contributed by atoms with Crippen LogP contribution in [-0.4, -0.2) is 30.4 Å². The summed E-state index contributed by atoms with van der Waals surface area (Å²) in [5.41, 5.74) is -0.617. The van der Waals surface area contributed by atoms with Crippen molar-refractivity contribution in [2.75, 3.05) is 19.6 Å². The summed E-state index contributed by atoms with van der Waals surface area (Å²) in [6, 6.07) is 2.72. The lowest BCUT2D eigenvalue weighted by Crippen LogP contribution is -2.40. The summed E-state index contributed by atoms with van der Waals surface area (Å²) < 4.78 is 52.3. The molecule has 1 amide bonds. The lowest BCUT2D eigenvalue weighted by molar-refractivity contribution is -0.137. The van der Waals surface area contributed by atoms with Gasteiger partial charge in [-0.05, 0) is 67.8 Å². The number of alkyl halides is 3. The van der Waals surface area contributed by atoms with Crippen LogP contribution in [0.25, 0.3) is 0 Å². The number of hydrogen-bond acceptors (Lipinski definition) is 2. The summed E-state index contributed by atoms with van der Waals surface area (Å²) in [5.74, 6) is 0.0251. The number of hydrogen-bond donors (Lipinski definition) is 1. The van der Waals surface area contributed by atoms with Crippen molar-refractivity contribution in [3.63, 3.8) is 0 Å². The number of likely N-dealkylation sites (tertiary alicyclic amines) is 1. The fourth-order valence-electron chi connectivity index (χ4n) is 4.43. The highest BCUT2D eigenvalue weighted by Gasteiger charge is 2.31. The van der Waals surface area contributed by atoms with Gasteiger partial charge in [0, 0.05) is 26.1 Å². The Morgan fingerprint density at radius 3 is 2.50 bits per heavy atom. The number of carbonyl (C=O) groups excluding carboxylic acids is 1. The number of benzene rings is 1. The summed E-state index contributed by atoms with van der Waals surface area (Å²) in [6.07, 6.45) is 2.65. The van der Waals surface area contributed by atoms with Gasteiger partial charge >= 0.3 is 6.18 Å². The zero-order valence-electron chi connectivity index (χ0n) is 16.0. The van der Waals surface area contributed by atoms with Crippen LogP contribution in [0.2, 0.25) is 0 Å². The molecule has 2 aliphatic rings. The minimum atomic E-state index is -4.55. The molecular weight excluding hydrogens is 372 g/mol. The van der Waals surface area contributed by atoms with Crippen LogP contribution in [0.4, 0.5) is 17.6 Å². The van der Waals surface area contributed by atoms with Crippen molar-refractivity contribution in [3.05, 3.63) is 35.1 Å². The maximum absolute atomic E-state index is 13.6. The molecule has 1 saturated carbocycles. The zero-order valence-corrected chi connectivity index (χ0v) is 16.0. The molecular formula is C21H28F4N2O. The van der Waals surface area contributed by atoms with E-state index in [1.54, 1.807) is 0 Å². The molecule has 0 radical (unpaired) electrons. The van der Waals surface area contributed by atoms with Crippen molar-refractivity contribution < 1.29 is 22.4 Å². The molecule has 0 spiro atoms. The Morgan fingerprint density at radius 2 is 1.79 bits per heavy atom. The van der Waals surface area contributed by atoms with E-state index in [4.69, 9.17) is 0 Å². The third-order valence-corrected chi connectivity index (χ3v) is 5.83. The van der Waals surface area contributed by atoms with Gasteiger partial charge in [0.25, 0.3) is 0 Å². The van der Waals surface area contributed by atoms with Gasteiger partial charge < -0.3 is 5.32 Å². The Balaban J connectivity index is 1.49. The van der Waals surface area contributed by atoms with Crippen LogP contribution in [0.15, 0.2) is 18.2 Å². The third-order valence-electron chi connectivity index (χ3n) is 5.83. The number of halogens is 4. The molecule has 28 heavy (non-hydrogen) atoms. The van der Waals surface area contributed by atoms with Crippen LogP contribution in [0.5, 0.6) is 0 Å². The first-order valence-corrected chi connectivity index (χ1v) is 10.2. The molecule has 1 heterocycles. The van der Waals surface area contributed by atoms with Crippen molar-refractivity contribution in [2.24, 2.45) is 11.8 Å². The first kappa shape index (κ1) is 21.1. The minimum Gasteiger partial charge on any atom is -0.356 e. The van der Waals surface area contributed by atoms with Gasteiger partial charge in [-0.3, -0.25) is 9.69 Å². The standard InChI is InChI=1S/C21H28F4N2O/c22-19-9-17(8-18(11-19)21(23,24)25)14-27-7-3-6-16(13-27)12-26-20(28)10-15-4-1-2-5-15/h8-9,11,15-16H,1-7,10,12-14H2,(H,26,28). The molecule has 0 bridgehead atoms. The van der Waals surface area contributed by atoms with Crippen LogP contribution in [0.3, 0.4) is 0 Å². The number of piperidine rings is 1. The average Bonchev–Trinajstić information content (AvgIpc) is 3.12. The summed E-state index contributed by atoms with van der Waals surface area (Å²) in [6.45, 7) is 2.35. The van der Waals surface area contributed by atoms with Gasteiger partial charge in [-0.1, -0.05) is 12.8 Å². The number of nitrogens with one attached hydrogen (secondary N) is 1. The number of nitrogens with zero attached hydrogens (tertiary/aromatic N) is 1. The number of amides is 1. The predicted molar refractivity (Wildman–Crippen MR) is 99.0 cm³/mol. The SMILES string of the molecule is O=C(CC1CCCC1)NCC1CCCN(Cc2cc(F)cc(C(F)(F)F)c2)C1. The van der Waals surface area contributed by atoms with E-state index in [1.165, 1.54) is 18.9 Å². The Kier molecular flexibility index (Phi) is 6.96. The highest BCUT2D eigenvalue weighted by molar-refractivity contribution is 5.76. The molecule has 7 heteroatoms. The lowest BCUT2D eigenvalue weighted by atomic mass is 9.97. The van der Waals surface area contributed by atoms with E-state index >= 15 is 0 Å². The van der Waals surface area contributed by atoms with E-state index in [0.717, 1.165) is 38.3 Å². The summed E-state index contributed by atoms with van der Waals surface area (Å²) in [4.78, 5) is 14.2. The van der Waals surface area contributed by atoms with Gasteiger partial charge in [0.05, 0.1) is 5.56 Å². The van der Waals surface area contributed by atoms with Crippen LogP contribution in [0, 0.1) is 17.7 Å². The van der Waals surface area contributed by atoms with Crippen LogP contribution >= 0.6 is 0 Å². The minimum absolute atomic E-state index is 0.101. The first-order valence-electron chi connectivity index (χ1n) is 10.2. The second-order valence-electron chi connectivity index (χ2n) is 8.25. The predicted octanol–water partition coefficient (Wildman–Crippen LogP) is 4.75. The van der Waals surface area contributed by atoms with E-state index in [1.807, 2.05) is 4.90 Å². The second-order valence-corrected chi connectivity index (χ2v) is 8.25.